The smallest absolute Gasteiger partial charge is 0.337 e. The van der Waals surface area contributed by atoms with Gasteiger partial charge < -0.3 is 63.3 Å². The van der Waals surface area contributed by atoms with Gasteiger partial charge in [0.05, 0.1) is 136 Å². The van der Waals surface area contributed by atoms with Crippen LogP contribution in [0.2, 0.25) is 30.1 Å². The first-order valence-electron chi connectivity index (χ1n) is 36.7. The van der Waals surface area contributed by atoms with Crippen LogP contribution in [0.3, 0.4) is 0 Å². The first kappa shape index (κ1) is 102. The number of aromatic nitrogens is 5. The fourth-order valence-corrected chi connectivity index (χ4v) is 15.3. The lowest BCUT2D eigenvalue weighted by Gasteiger charge is -2.22. The molecule has 13 N–H and O–H groups in total. The number of carboxylic acids is 1. The molecule has 0 aliphatic carbocycles. The highest BCUT2D eigenvalue weighted by Gasteiger charge is 2.40. The van der Waals surface area contributed by atoms with Crippen LogP contribution in [0.5, 0.6) is 0 Å². The van der Waals surface area contributed by atoms with E-state index in [0.717, 1.165) is 50.1 Å². The molecule has 0 bridgehead atoms. The summed E-state index contributed by atoms with van der Waals surface area (Å²) in [5.41, 5.74) is 35.2. The third kappa shape index (κ3) is 25.8. The number of imide groups is 2. The van der Waals surface area contributed by atoms with Crippen molar-refractivity contribution in [1.82, 2.24) is 34.5 Å². The number of amides is 6. The summed E-state index contributed by atoms with van der Waals surface area (Å²) in [4.78, 5) is 110. The van der Waals surface area contributed by atoms with E-state index < -0.39 is 18.2 Å². The number of terminal acetylenes is 1. The van der Waals surface area contributed by atoms with E-state index in [9.17, 15) is 42.7 Å². The molecule has 6 amide bonds. The molecular weight excluding hydrogens is 2150 g/mol. The number of likely N-dealkylation sites (tertiary alicyclic amines) is 1. The van der Waals surface area contributed by atoms with Gasteiger partial charge in [0, 0.05) is 105 Å². The minimum Gasteiger partial charge on any atom is -0.478 e. The van der Waals surface area contributed by atoms with Crippen molar-refractivity contribution in [1.29, 1.82) is 0 Å². The number of primary amides is 1. The molecule has 15 rings (SSSR count). The first-order chi connectivity index (χ1) is 59.9. The summed E-state index contributed by atoms with van der Waals surface area (Å²) < 4.78 is 34.7. The Morgan fingerprint density at radius 3 is 1.56 bits per heavy atom. The number of hydrogen-bond acceptors (Lipinski definition) is 21. The Labute approximate surface area is 801 Å². The van der Waals surface area contributed by atoms with Crippen molar-refractivity contribution in [2.24, 2.45) is 5.73 Å². The Hall–Kier alpha value is -9.75. The van der Waals surface area contributed by atoms with Crippen LogP contribution in [0.15, 0.2) is 198 Å². The summed E-state index contributed by atoms with van der Waals surface area (Å²) in [6.07, 6.45) is 11.8. The van der Waals surface area contributed by atoms with Gasteiger partial charge in [-0.15, -0.1) is 6.42 Å². The van der Waals surface area contributed by atoms with Crippen LogP contribution in [-0.2, 0) is 25.6 Å². The number of nitrogen functional groups attached to an aromatic ring is 4. The van der Waals surface area contributed by atoms with E-state index in [2.05, 4.69) is 133 Å². The van der Waals surface area contributed by atoms with E-state index >= 15 is 0 Å². The number of fused-ring (bicyclic) bond motifs is 5. The van der Waals surface area contributed by atoms with E-state index in [-0.39, 0.29) is 83.1 Å². The molecule has 12 aromatic rings. The summed E-state index contributed by atoms with van der Waals surface area (Å²) in [5, 5.41) is 30.2. The first-order valence-corrected chi connectivity index (χ1v) is 43.7. The van der Waals surface area contributed by atoms with Crippen LogP contribution < -0.4 is 38.9 Å². The van der Waals surface area contributed by atoms with Crippen molar-refractivity contribution >= 4 is 280 Å². The molecule has 126 heavy (non-hydrogen) atoms. The van der Waals surface area contributed by atoms with Gasteiger partial charge in [0.25, 0.3) is 29.5 Å². The molecule has 4 aromatic heterocycles. The molecule has 1 saturated heterocycles. The Bertz CT molecular complexity index is 6060. The molecule has 40 heteroatoms. The summed E-state index contributed by atoms with van der Waals surface area (Å²) >= 11 is 54.5. The van der Waals surface area contributed by atoms with Gasteiger partial charge in [-0.05, 0) is 243 Å². The molecule has 7 heterocycles. The number of hydrogen-bond donors (Lipinski definition) is 8. The third-order valence-electron chi connectivity index (χ3n) is 18.1. The number of ether oxygens (including phenoxy) is 3. The van der Waals surface area contributed by atoms with Gasteiger partial charge in [-0.1, -0.05) is 100 Å². The Balaban J connectivity index is 0.000000182. The second-order valence-electron chi connectivity index (χ2n) is 26.4. The predicted molar refractivity (Wildman–Crippen MR) is 513 cm³/mol. The summed E-state index contributed by atoms with van der Waals surface area (Å²) in [6.45, 7) is 9.00. The molecule has 3 aliphatic rings. The number of aliphatic hydroxyl groups excluding tert-OH is 1. The minimum absolute atomic E-state index is 0.0169. The predicted octanol–water partition coefficient (Wildman–Crippen LogP) is 20.2. The standard InChI is InChI=1S/C17H8BrClN2O2.C16H21N5O3.C14H17NO4.C9H4BrClFN.C9H6BrClN2.C7H5BrClNO2.C7H7BrClNO.C7H5BrClNO/c18-13-7-15-9(6-14(13)19)5-10(8-20-15)21-16(22)11-3-1-2-4-12(11)17(21)23;1-5-12-14(15(17)23)16(18-3)21(19-12)10-7-11(9-24-4)20(8-10)13(22)6-2;1-3-18-12(19-4-2)9-15-13(16)10-7-5-6-8-11(10)14(15)17;2*10-7-3-9-5(2-8(7)11)1-6(12)4-13-9;8-4-2-6(10)3(7(11)12)1-5(4)9;2*8-5-2-7(10)4(3-11)1-6(5)9/h1-8H;1,6,10-11,18H,2,7-9H2,3-4H3,(H2,17,23);5-8,12H,3-4,9H2,1-2H3;1-4H;1-4H,12H2;1-2H,10H2,(H,11,12);1-2,11H,3,10H2;1-3H,10H2/t;10-,11+;;;;;;/m.0....../s1. The maximum absolute atomic E-state index is 12.8. The zero-order chi connectivity index (χ0) is 92.8. The topological polar surface area (TPSA) is 413 Å². The molecule has 3 aliphatic heterocycles. The Morgan fingerprint density at radius 1 is 0.643 bits per heavy atom. The molecule has 0 radical (unpaired) electrons. The Kier molecular flexibility index (Phi) is 38.2. The molecule has 1 fully saturated rings. The molecule has 8 aromatic carbocycles. The number of aliphatic hydroxyl groups is 1. The number of anilines is 6. The Morgan fingerprint density at radius 2 is 1.10 bits per heavy atom. The van der Waals surface area contributed by atoms with Gasteiger partial charge in [0.1, 0.15) is 22.9 Å². The zero-order valence-corrected chi connectivity index (χ0v) is 80.4. The second-order valence-corrected chi connectivity index (χ2v) is 33.9. The van der Waals surface area contributed by atoms with E-state index in [0.29, 0.717) is 145 Å². The van der Waals surface area contributed by atoms with E-state index in [1.807, 2.05) is 32.0 Å². The maximum Gasteiger partial charge on any atom is 0.337 e. The van der Waals surface area contributed by atoms with E-state index in [4.69, 9.17) is 129 Å². The van der Waals surface area contributed by atoms with Crippen LogP contribution in [0.4, 0.5) is 38.6 Å². The number of aromatic carboxylic acids is 1. The number of carbonyl (C=O) groups excluding carboxylic acids is 7. The molecule has 2 atom stereocenters. The average molecular weight is 2220 g/mol. The fourth-order valence-electron chi connectivity index (χ4n) is 12.2. The number of carbonyl (C=O) groups is 8. The van der Waals surface area contributed by atoms with Crippen LogP contribution in [0.25, 0.3) is 32.7 Å². The molecule has 27 nitrogen and oxygen atoms in total. The zero-order valence-electron chi connectivity index (χ0n) is 66.4. The van der Waals surface area contributed by atoms with E-state index in [1.165, 1.54) is 47.6 Å². The number of benzene rings is 8. The lowest BCUT2D eigenvalue weighted by atomic mass is 10.1. The quantitative estimate of drug-likeness (QED) is 0.0111. The number of nitrogens with zero attached hydrogens (tertiary/aromatic N) is 8. The monoisotopic (exact) mass is 2210 g/mol. The summed E-state index contributed by atoms with van der Waals surface area (Å²) in [6, 6.07) is 38.2. The van der Waals surface area contributed by atoms with Crippen molar-refractivity contribution in [2.75, 3.05) is 80.2 Å². The lowest BCUT2D eigenvalue weighted by molar-refractivity contribution is -0.140. The van der Waals surface area contributed by atoms with Crippen molar-refractivity contribution in [3.8, 4) is 12.3 Å². The molecular formula is C86H73Br6Cl6FN14O13. The van der Waals surface area contributed by atoms with Crippen LogP contribution in [0, 0.1) is 18.2 Å². The van der Waals surface area contributed by atoms with Gasteiger partial charge in [-0.3, -0.25) is 53.4 Å². The lowest BCUT2D eigenvalue weighted by Crippen LogP contribution is -2.39. The third-order valence-corrected chi connectivity index (χ3v) is 25.3. The number of methoxy groups -OCH3 is 1. The van der Waals surface area contributed by atoms with Gasteiger partial charge in [0.15, 0.2) is 12.6 Å². The average Bonchev–Trinajstić information content (AvgIpc) is 1.61. The number of nitrogens with one attached hydrogen (secondary N) is 1. The fraction of sp³-hybridized carbons (Fsp3) is 0.163. The van der Waals surface area contributed by atoms with Crippen LogP contribution in [-0.4, -0.2) is 152 Å². The summed E-state index contributed by atoms with van der Waals surface area (Å²) in [7, 11) is 3.24. The van der Waals surface area contributed by atoms with Crippen LogP contribution in [0.1, 0.15) is 110 Å². The van der Waals surface area contributed by atoms with E-state index in [1.54, 1.807) is 127 Å². The van der Waals surface area contributed by atoms with Gasteiger partial charge in [0.2, 0.25) is 5.91 Å². The number of pyridine rings is 3. The molecule has 0 saturated carbocycles. The molecule has 0 unspecified atom stereocenters. The number of aldehydes is 1. The van der Waals surface area contributed by atoms with Crippen molar-refractivity contribution in [2.45, 2.75) is 45.2 Å². The molecule has 0 spiro atoms. The second kappa shape index (κ2) is 47.3. The van der Waals surface area contributed by atoms with Crippen LogP contribution >= 0.6 is 165 Å². The highest BCUT2D eigenvalue weighted by molar-refractivity contribution is 9.11. The minimum atomic E-state index is -1.08. The van der Waals surface area contributed by atoms with Crippen molar-refractivity contribution in [3.63, 3.8) is 0 Å². The number of halogens is 13. The van der Waals surface area contributed by atoms with Crippen molar-refractivity contribution < 1.29 is 67.2 Å². The van der Waals surface area contributed by atoms with Gasteiger partial charge in [-0.25, -0.2) is 18.8 Å². The summed E-state index contributed by atoms with van der Waals surface area (Å²) in [5.74, 6) is -0.681. The molecule has 656 valence electrons. The SMILES string of the molecule is C#Cc1nn([C@H]2C[C@H](COC)N(C(=O)C=C)C2)c(NC)c1C(N)=O.CCOC(CN1C(=O)c2ccccc2C1=O)OCC.Fc1cnc2cc(Br)c(Cl)cc2c1.Nc1cc(Br)c(Cl)cc1C(=O)O.Nc1cc(Br)c(Cl)cc1C=O.Nc1cc(Br)c(Cl)cc1CO.Nc1cnc2cc(Br)c(Cl)cc2c1.O=C1c2ccccc2C(=O)N1c1cnc2cc(Br)c(Cl)cc2c1. The largest absolute Gasteiger partial charge is 0.478 e. The van der Waals surface area contributed by atoms with Crippen molar-refractivity contribution in [3.05, 3.63) is 284 Å². The van der Waals surface area contributed by atoms with Gasteiger partial charge >= 0.3 is 5.97 Å². The number of rotatable bonds is 16. The number of nitrogens with two attached hydrogens (primary N) is 5. The normalized spacial score (nSPS) is 13.3. The highest BCUT2D eigenvalue weighted by atomic mass is 79.9. The van der Waals surface area contributed by atoms with Gasteiger partial charge in [-0.2, -0.15) is 5.10 Å². The number of carboxylic acid groups (broad SMARTS) is 1. The highest BCUT2D eigenvalue weighted by Crippen LogP contribution is 2.38. The maximum atomic E-state index is 12.8.